The highest BCUT2D eigenvalue weighted by Gasteiger charge is 2.04. The average molecular weight is 341 g/mol. The second kappa shape index (κ2) is 9.67. The third-order valence-corrected chi connectivity index (χ3v) is 3.65. The van der Waals surface area contributed by atoms with Gasteiger partial charge in [-0.3, -0.25) is 4.79 Å². The summed E-state index contributed by atoms with van der Waals surface area (Å²) < 4.78 is 0. The Bertz CT molecular complexity index is 673. The van der Waals surface area contributed by atoms with Gasteiger partial charge in [0.2, 0.25) is 5.91 Å². The first kappa shape index (κ1) is 17.9. The monoisotopic (exact) mass is 341 g/mol. The molecule has 0 fully saturated rings. The van der Waals surface area contributed by atoms with Gasteiger partial charge in [-0.25, -0.2) is 0 Å². The first-order chi connectivity index (χ1) is 11.7. The van der Waals surface area contributed by atoms with Crippen LogP contribution >= 0.6 is 12.2 Å². The topological polar surface area (TPSA) is 53.2 Å². The number of benzene rings is 2. The summed E-state index contributed by atoms with van der Waals surface area (Å²) in [6.45, 7) is 2.12. The maximum Gasteiger partial charge on any atom is 0.224 e. The van der Waals surface area contributed by atoms with E-state index in [0.717, 1.165) is 36.3 Å². The molecule has 0 saturated carbocycles. The van der Waals surface area contributed by atoms with Gasteiger partial charge in [-0.05, 0) is 49.0 Å². The molecule has 3 N–H and O–H groups in total. The quantitative estimate of drug-likeness (QED) is 0.489. The van der Waals surface area contributed by atoms with E-state index >= 15 is 0 Å². The van der Waals surface area contributed by atoms with Crippen molar-refractivity contribution in [2.24, 2.45) is 0 Å². The predicted molar refractivity (Wildman–Crippen MR) is 105 cm³/mol. The molecule has 0 spiro atoms. The zero-order valence-corrected chi connectivity index (χ0v) is 14.7. The van der Waals surface area contributed by atoms with Gasteiger partial charge < -0.3 is 16.0 Å². The Morgan fingerprint density at radius 2 is 1.50 bits per heavy atom. The fraction of sp³-hybridized carbons (Fsp3) is 0.263. The van der Waals surface area contributed by atoms with Gasteiger partial charge in [-0.1, -0.05) is 44.0 Å². The van der Waals surface area contributed by atoms with Crippen molar-refractivity contribution >= 4 is 40.3 Å². The molecule has 0 aliphatic heterocycles. The number of carbonyl (C=O) groups excluding carboxylic acids is 1. The van der Waals surface area contributed by atoms with Gasteiger partial charge in [0.1, 0.15) is 0 Å². The summed E-state index contributed by atoms with van der Waals surface area (Å²) in [5.41, 5.74) is 2.52. The molecule has 0 unspecified atom stereocenters. The summed E-state index contributed by atoms with van der Waals surface area (Å²) in [5.74, 6) is 0.0468. The molecule has 0 saturated heterocycles. The summed E-state index contributed by atoms with van der Waals surface area (Å²) >= 11 is 5.31. The lowest BCUT2D eigenvalue weighted by molar-refractivity contribution is -0.116. The van der Waals surface area contributed by atoms with Gasteiger partial charge in [-0.2, -0.15) is 0 Å². The molecule has 0 atom stereocenters. The summed E-state index contributed by atoms with van der Waals surface area (Å²) in [4.78, 5) is 11.9. The van der Waals surface area contributed by atoms with Gasteiger partial charge >= 0.3 is 0 Å². The molecule has 24 heavy (non-hydrogen) atoms. The number of anilines is 3. The molecule has 1 amide bonds. The van der Waals surface area contributed by atoms with E-state index in [9.17, 15) is 4.79 Å². The highest BCUT2D eigenvalue weighted by atomic mass is 32.1. The zero-order valence-electron chi connectivity index (χ0n) is 13.8. The van der Waals surface area contributed by atoms with Crippen molar-refractivity contribution in [1.82, 2.24) is 0 Å². The minimum atomic E-state index is 0.0468. The van der Waals surface area contributed by atoms with Gasteiger partial charge in [0.15, 0.2) is 5.11 Å². The third kappa shape index (κ3) is 6.38. The highest BCUT2D eigenvalue weighted by molar-refractivity contribution is 7.80. The van der Waals surface area contributed by atoms with Crippen molar-refractivity contribution in [3.8, 4) is 0 Å². The molecule has 0 aromatic heterocycles. The van der Waals surface area contributed by atoms with Gasteiger partial charge in [0.05, 0.1) is 0 Å². The van der Waals surface area contributed by atoms with Crippen LogP contribution in [-0.4, -0.2) is 11.0 Å². The van der Waals surface area contributed by atoms with E-state index in [0.29, 0.717) is 11.5 Å². The highest BCUT2D eigenvalue weighted by Crippen LogP contribution is 2.16. The van der Waals surface area contributed by atoms with Crippen molar-refractivity contribution in [3.05, 3.63) is 54.6 Å². The maximum absolute atomic E-state index is 11.9. The third-order valence-electron chi connectivity index (χ3n) is 3.44. The molecule has 0 heterocycles. The number of hydrogen-bond acceptors (Lipinski definition) is 2. The fourth-order valence-electron chi connectivity index (χ4n) is 2.25. The average Bonchev–Trinajstić information content (AvgIpc) is 2.56. The predicted octanol–water partition coefficient (Wildman–Crippen LogP) is 5.01. The number of nitrogens with one attached hydrogen (secondary N) is 3. The Hall–Kier alpha value is -2.40. The molecule has 2 aromatic rings. The van der Waals surface area contributed by atoms with Crippen LogP contribution in [0.4, 0.5) is 17.1 Å². The van der Waals surface area contributed by atoms with E-state index in [-0.39, 0.29) is 5.91 Å². The summed E-state index contributed by atoms with van der Waals surface area (Å²) in [6.07, 6.45) is 3.66. The van der Waals surface area contributed by atoms with Crippen LogP contribution in [0.15, 0.2) is 54.6 Å². The van der Waals surface area contributed by atoms with E-state index in [2.05, 4.69) is 22.9 Å². The zero-order chi connectivity index (χ0) is 17.2. The first-order valence-corrected chi connectivity index (χ1v) is 8.61. The molecule has 0 aliphatic carbocycles. The van der Waals surface area contributed by atoms with Crippen LogP contribution in [0.1, 0.15) is 32.6 Å². The van der Waals surface area contributed by atoms with Crippen LogP contribution in [0, 0.1) is 0 Å². The second-order valence-electron chi connectivity index (χ2n) is 5.53. The van der Waals surface area contributed by atoms with Gasteiger partial charge in [-0.15, -0.1) is 0 Å². The summed E-state index contributed by atoms with van der Waals surface area (Å²) in [5, 5.41) is 9.67. The Balaban J connectivity index is 1.87. The number of rotatable bonds is 7. The fourth-order valence-corrected chi connectivity index (χ4v) is 2.48. The standard InChI is InChI=1S/C19H23N3OS/c1-2-3-5-13-18(23)20-16-11-8-12-17(14-16)22-19(24)21-15-9-6-4-7-10-15/h4,6-12,14H,2-3,5,13H2,1H3,(H,20,23)(H2,21,22,24). The molecule has 126 valence electrons. The minimum Gasteiger partial charge on any atom is -0.332 e. The molecule has 0 bridgehead atoms. The Morgan fingerprint density at radius 1 is 0.875 bits per heavy atom. The van der Waals surface area contributed by atoms with Crippen molar-refractivity contribution in [2.75, 3.05) is 16.0 Å². The smallest absolute Gasteiger partial charge is 0.224 e. The number of carbonyl (C=O) groups is 1. The van der Waals surface area contributed by atoms with E-state index in [1.165, 1.54) is 0 Å². The molecule has 0 radical (unpaired) electrons. The number of para-hydroxylation sites is 1. The maximum atomic E-state index is 11.9. The molecule has 2 aromatic carbocycles. The van der Waals surface area contributed by atoms with Crippen molar-refractivity contribution in [2.45, 2.75) is 32.6 Å². The molecular weight excluding hydrogens is 318 g/mol. The van der Waals surface area contributed by atoms with Crippen LogP contribution < -0.4 is 16.0 Å². The molecule has 0 aliphatic rings. The van der Waals surface area contributed by atoms with E-state index in [1.54, 1.807) is 0 Å². The van der Waals surface area contributed by atoms with Crippen LogP contribution in [0.5, 0.6) is 0 Å². The lowest BCUT2D eigenvalue weighted by Crippen LogP contribution is -2.19. The van der Waals surface area contributed by atoms with Gasteiger partial charge in [0.25, 0.3) is 0 Å². The lowest BCUT2D eigenvalue weighted by Gasteiger charge is -2.12. The SMILES string of the molecule is CCCCCC(=O)Nc1cccc(NC(=S)Nc2ccccc2)c1. The van der Waals surface area contributed by atoms with Crippen LogP contribution in [0.2, 0.25) is 0 Å². The molecule has 2 rings (SSSR count). The van der Waals surface area contributed by atoms with Crippen LogP contribution in [0.3, 0.4) is 0 Å². The normalized spacial score (nSPS) is 10.0. The second-order valence-corrected chi connectivity index (χ2v) is 5.94. The Labute approximate surface area is 148 Å². The minimum absolute atomic E-state index is 0.0468. The lowest BCUT2D eigenvalue weighted by atomic mass is 10.2. The molecule has 5 heteroatoms. The van der Waals surface area contributed by atoms with E-state index in [4.69, 9.17) is 12.2 Å². The van der Waals surface area contributed by atoms with E-state index in [1.807, 2.05) is 54.6 Å². The number of unbranched alkanes of at least 4 members (excludes halogenated alkanes) is 2. The summed E-state index contributed by atoms with van der Waals surface area (Å²) in [6, 6.07) is 17.3. The molecular formula is C19H23N3OS. The van der Waals surface area contributed by atoms with E-state index < -0.39 is 0 Å². The van der Waals surface area contributed by atoms with Crippen LogP contribution in [-0.2, 0) is 4.79 Å². The number of amides is 1. The Morgan fingerprint density at radius 3 is 2.21 bits per heavy atom. The number of thiocarbonyl (C=S) groups is 1. The molecule has 4 nitrogen and oxygen atoms in total. The van der Waals surface area contributed by atoms with Crippen LogP contribution in [0.25, 0.3) is 0 Å². The number of hydrogen-bond donors (Lipinski definition) is 3. The Kier molecular flexibility index (Phi) is 7.23. The summed E-state index contributed by atoms with van der Waals surface area (Å²) in [7, 11) is 0. The van der Waals surface area contributed by atoms with Crippen molar-refractivity contribution < 1.29 is 4.79 Å². The van der Waals surface area contributed by atoms with Gasteiger partial charge in [0, 0.05) is 23.5 Å². The van der Waals surface area contributed by atoms with Crippen molar-refractivity contribution in [1.29, 1.82) is 0 Å². The largest absolute Gasteiger partial charge is 0.332 e. The van der Waals surface area contributed by atoms with Crippen molar-refractivity contribution in [3.63, 3.8) is 0 Å². The first-order valence-electron chi connectivity index (χ1n) is 8.20.